The minimum absolute atomic E-state index is 0.202. The summed E-state index contributed by atoms with van der Waals surface area (Å²) in [5, 5.41) is 3.07. The van der Waals surface area contributed by atoms with Crippen LogP contribution in [0.3, 0.4) is 0 Å². The lowest BCUT2D eigenvalue weighted by molar-refractivity contribution is -0.216. The summed E-state index contributed by atoms with van der Waals surface area (Å²) in [5.74, 6) is 0.241. The van der Waals surface area contributed by atoms with Crippen molar-refractivity contribution >= 4 is 0 Å². The maximum atomic E-state index is 12.0. The summed E-state index contributed by atoms with van der Waals surface area (Å²) in [6, 6.07) is 0. The molecular formula is C8H14F3NO. The fourth-order valence-electron chi connectivity index (χ4n) is 1.23. The Labute approximate surface area is 75.4 Å². The van der Waals surface area contributed by atoms with Crippen LogP contribution in [0.2, 0.25) is 0 Å². The smallest absolute Gasteiger partial charge is 0.369 e. The molecule has 5 heteroatoms. The normalized spacial score (nSPS) is 26.3. The topological polar surface area (TPSA) is 21.3 Å². The minimum atomic E-state index is -4.23. The number of halogens is 3. The molecular weight excluding hydrogens is 183 g/mol. The van der Waals surface area contributed by atoms with Crippen LogP contribution in [-0.2, 0) is 4.74 Å². The molecule has 0 aromatic rings. The summed E-state index contributed by atoms with van der Waals surface area (Å²) in [7, 11) is 0. The van der Waals surface area contributed by atoms with Crippen LogP contribution in [0.5, 0.6) is 0 Å². The third kappa shape index (κ3) is 3.52. The lowest BCUT2D eigenvalue weighted by Gasteiger charge is -2.18. The Hall–Kier alpha value is -0.290. The summed E-state index contributed by atoms with van der Waals surface area (Å²) in [6.45, 7) is 2.90. The van der Waals surface area contributed by atoms with Gasteiger partial charge in [0.15, 0.2) is 6.10 Å². The number of ether oxygens (including phenoxy) is 1. The third-order valence-electron chi connectivity index (χ3n) is 2.21. The highest BCUT2D eigenvalue weighted by Gasteiger charge is 2.37. The van der Waals surface area contributed by atoms with Gasteiger partial charge in [-0.25, -0.2) is 0 Å². The molecule has 1 heterocycles. The van der Waals surface area contributed by atoms with E-state index in [1.165, 1.54) is 0 Å². The Bertz CT molecular complexity index is 154. The number of hydrogen-bond acceptors (Lipinski definition) is 2. The second-order valence-electron chi connectivity index (χ2n) is 3.38. The highest BCUT2D eigenvalue weighted by molar-refractivity contribution is 4.71. The first-order valence-corrected chi connectivity index (χ1v) is 4.39. The lowest BCUT2D eigenvalue weighted by Crippen LogP contribution is -2.30. The van der Waals surface area contributed by atoms with E-state index in [1.54, 1.807) is 0 Å². The number of rotatable bonds is 3. The largest absolute Gasteiger partial charge is 0.414 e. The number of alkyl halides is 3. The summed E-state index contributed by atoms with van der Waals surface area (Å²) in [6.07, 6.45) is -4.97. The van der Waals surface area contributed by atoms with Crippen molar-refractivity contribution in [2.45, 2.75) is 25.6 Å². The predicted molar refractivity (Wildman–Crippen MR) is 42.4 cm³/mol. The molecule has 0 aromatic carbocycles. The molecule has 1 N–H and O–H groups in total. The van der Waals surface area contributed by atoms with E-state index in [2.05, 4.69) is 5.32 Å². The third-order valence-corrected chi connectivity index (χ3v) is 2.21. The van der Waals surface area contributed by atoms with Crippen molar-refractivity contribution in [1.29, 1.82) is 0 Å². The summed E-state index contributed by atoms with van der Waals surface area (Å²) < 4.78 is 40.7. The van der Waals surface area contributed by atoms with Crippen LogP contribution >= 0.6 is 0 Å². The van der Waals surface area contributed by atoms with E-state index in [0.717, 1.165) is 26.4 Å². The fraction of sp³-hybridized carbons (Fsp3) is 1.00. The van der Waals surface area contributed by atoms with E-state index in [0.29, 0.717) is 0 Å². The van der Waals surface area contributed by atoms with Crippen molar-refractivity contribution in [2.24, 2.45) is 5.92 Å². The molecule has 78 valence electrons. The molecule has 2 nitrogen and oxygen atoms in total. The molecule has 1 rings (SSSR count). The Morgan fingerprint density at radius 3 is 2.69 bits per heavy atom. The molecule has 1 aliphatic heterocycles. The van der Waals surface area contributed by atoms with Crippen LogP contribution in [0.1, 0.15) is 13.3 Å². The second kappa shape index (κ2) is 4.28. The van der Waals surface area contributed by atoms with Gasteiger partial charge in [-0.15, -0.1) is 0 Å². The van der Waals surface area contributed by atoms with Gasteiger partial charge in [0, 0.05) is 6.54 Å². The standard InChI is InChI=1S/C8H14F3NO/c1-6(8(9,10)11)13-5-7-2-3-12-4-7/h6-7,12H,2-5H2,1H3. The summed E-state index contributed by atoms with van der Waals surface area (Å²) in [5.41, 5.74) is 0. The Balaban J connectivity index is 2.17. The molecule has 0 aromatic heterocycles. The summed E-state index contributed by atoms with van der Waals surface area (Å²) >= 11 is 0. The fourth-order valence-corrected chi connectivity index (χ4v) is 1.23. The van der Waals surface area contributed by atoms with Gasteiger partial charge in [0.1, 0.15) is 0 Å². The van der Waals surface area contributed by atoms with Gasteiger partial charge in [0.25, 0.3) is 0 Å². The predicted octanol–water partition coefficient (Wildman–Crippen LogP) is 1.56. The molecule has 2 atom stereocenters. The molecule has 0 bridgehead atoms. The highest BCUT2D eigenvalue weighted by Crippen LogP contribution is 2.23. The zero-order valence-electron chi connectivity index (χ0n) is 7.53. The molecule has 0 aliphatic carbocycles. The van der Waals surface area contributed by atoms with Gasteiger partial charge in [-0.2, -0.15) is 13.2 Å². The quantitative estimate of drug-likeness (QED) is 0.741. The van der Waals surface area contributed by atoms with Crippen LogP contribution in [-0.4, -0.2) is 32.0 Å². The Morgan fingerprint density at radius 2 is 2.23 bits per heavy atom. The molecule has 1 fully saturated rings. The van der Waals surface area contributed by atoms with Crippen molar-refractivity contribution in [3.05, 3.63) is 0 Å². The van der Waals surface area contributed by atoms with E-state index in [9.17, 15) is 13.2 Å². The molecule has 0 radical (unpaired) electrons. The number of nitrogens with one attached hydrogen (secondary N) is 1. The van der Waals surface area contributed by atoms with E-state index in [1.807, 2.05) is 0 Å². The average molecular weight is 197 g/mol. The van der Waals surface area contributed by atoms with Crippen molar-refractivity contribution in [3.8, 4) is 0 Å². The molecule has 1 saturated heterocycles. The molecule has 2 unspecified atom stereocenters. The van der Waals surface area contributed by atoms with Gasteiger partial charge in [0.2, 0.25) is 0 Å². The first-order valence-electron chi connectivity index (χ1n) is 4.39. The first-order chi connectivity index (χ1) is 6.00. The van der Waals surface area contributed by atoms with Crippen molar-refractivity contribution in [2.75, 3.05) is 19.7 Å². The highest BCUT2D eigenvalue weighted by atomic mass is 19.4. The van der Waals surface area contributed by atoms with Gasteiger partial charge in [-0.1, -0.05) is 0 Å². The van der Waals surface area contributed by atoms with E-state index >= 15 is 0 Å². The lowest BCUT2D eigenvalue weighted by atomic mass is 10.1. The maximum absolute atomic E-state index is 12.0. The summed E-state index contributed by atoms with van der Waals surface area (Å²) in [4.78, 5) is 0. The van der Waals surface area contributed by atoms with Gasteiger partial charge in [-0.3, -0.25) is 0 Å². The number of hydrogen-bond donors (Lipinski definition) is 1. The van der Waals surface area contributed by atoms with Crippen LogP contribution in [0.25, 0.3) is 0 Å². The van der Waals surface area contributed by atoms with E-state index in [-0.39, 0.29) is 12.5 Å². The van der Waals surface area contributed by atoms with Crippen LogP contribution in [0.4, 0.5) is 13.2 Å². The Morgan fingerprint density at radius 1 is 1.54 bits per heavy atom. The van der Waals surface area contributed by atoms with E-state index < -0.39 is 12.3 Å². The molecule has 0 amide bonds. The van der Waals surface area contributed by atoms with Crippen LogP contribution in [0, 0.1) is 5.92 Å². The van der Waals surface area contributed by atoms with Gasteiger partial charge >= 0.3 is 6.18 Å². The van der Waals surface area contributed by atoms with Crippen LogP contribution < -0.4 is 5.32 Å². The zero-order valence-corrected chi connectivity index (χ0v) is 7.53. The SMILES string of the molecule is CC(OCC1CCNC1)C(F)(F)F. The van der Waals surface area contributed by atoms with Gasteiger partial charge in [0.05, 0.1) is 6.61 Å². The zero-order chi connectivity index (χ0) is 9.90. The van der Waals surface area contributed by atoms with E-state index in [4.69, 9.17) is 4.74 Å². The maximum Gasteiger partial charge on any atom is 0.414 e. The average Bonchev–Trinajstić information content (AvgIpc) is 2.50. The molecule has 1 aliphatic rings. The molecule has 13 heavy (non-hydrogen) atoms. The first kappa shape index (κ1) is 10.8. The van der Waals surface area contributed by atoms with Crippen LogP contribution in [0.15, 0.2) is 0 Å². The molecule has 0 spiro atoms. The minimum Gasteiger partial charge on any atom is -0.369 e. The molecule has 0 saturated carbocycles. The monoisotopic (exact) mass is 197 g/mol. The van der Waals surface area contributed by atoms with Crippen molar-refractivity contribution in [3.63, 3.8) is 0 Å². The van der Waals surface area contributed by atoms with Crippen molar-refractivity contribution in [1.82, 2.24) is 5.32 Å². The Kier molecular flexibility index (Phi) is 3.55. The van der Waals surface area contributed by atoms with Crippen molar-refractivity contribution < 1.29 is 17.9 Å². The van der Waals surface area contributed by atoms with Gasteiger partial charge < -0.3 is 10.1 Å². The van der Waals surface area contributed by atoms with Gasteiger partial charge in [-0.05, 0) is 25.8 Å². The second-order valence-corrected chi connectivity index (χ2v) is 3.38.